The molecular formula is C25H23F3N2O5. The van der Waals surface area contributed by atoms with Crippen LogP contribution in [0.1, 0.15) is 29.9 Å². The number of halogens is 3. The standard InChI is InChI=1S/C25H23F3N2O5/c26-25(27,28)20(9-21(31)30-11-14-10-24(14,13-30)22(32)33)29-23(34)35-12-19-17-7-3-1-5-15(17)16-6-2-4-8-18(16)19/h1-8,14,19-20H,9-13H2,(H,29,34)(H,32,33). The zero-order chi connectivity index (χ0) is 25.0. The molecule has 10 heteroatoms. The molecule has 3 aliphatic rings. The molecule has 5 rings (SSSR count). The summed E-state index contributed by atoms with van der Waals surface area (Å²) in [5.41, 5.74) is 2.77. The number of nitrogens with zero attached hydrogens (tertiary/aromatic N) is 1. The largest absolute Gasteiger partial charge is 0.481 e. The average Bonchev–Trinajstić information content (AvgIpc) is 3.24. The van der Waals surface area contributed by atoms with E-state index in [4.69, 9.17) is 4.74 Å². The number of alkyl carbamates (subject to hydrolysis) is 1. The number of alkyl halides is 3. The minimum Gasteiger partial charge on any atom is -0.481 e. The van der Waals surface area contributed by atoms with Gasteiger partial charge in [0, 0.05) is 19.0 Å². The number of rotatable bonds is 6. The van der Waals surface area contributed by atoms with E-state index < -0.39 is 42.0 Å². The fourth-order valence-corrected chi connectivity index (χ4v) is 5.34. The second kappa shape index (κ2) is 8.28. The van der Waals surface area contributed by atoms with Crippen LogP contribution in [0.25, 0.3) is 11.1 Å². The number of piperidine rings is 1. The zero-order valence-corrected chi connectivity index (χ0v) is 18.5. The van der Waals surface area contributed by atoms with Crippen LogP contribution in [0.4, 0.5) is 18.0 Å². The van der Waals surface area contributed by atoms with Crippen LogP contribution in [0, 0.1) is 11.3 Å². The summed E-state index contributed by atoms with van der Waals surface area (Å²) < 4.78 is 46.0. The van der Waals surface area contributed by atoms with E-state index in [1.54, 1.807) is 5.32 Å². The molecule has 2 amide bonds. The minimum atomic E-state index is -4.88. The Morgan fingerprint density at radius 1 is 1.09 bits per heavy atom. The van der Waals surface area contributed by atoms with Crippen LogP contribution in [0.2, 0.25) is 0 Å². The summed E-state index contributed by atoms with van der Waals surface area (Å²) in [6, 6.07) is 12.7. The first-order valence-corrected chi connectivity index (χ1v) is 11.3. The van der Waals surface area contributed by atoms with Gasteiger partial charge < -0.3 is 20.1 Å². The molecule has 0 aromatic heterocycles. The molecule has 7 nitrogen and oxygen atoms in total. The van der Waals surface area contributed by atoms with Gasteiger partial charge >= 0.3 is 18.2 Å². The molecular weight excluding hydrogens is 465 g/mol. The van der Waals surface area contributed by atoms with E-state index in [0.29, 0.717) is 6.42 Å². The lowest BCUT2D eigenvalue weighted by Crippen LogP contribution is -2.49. The van der Waals surface area contributed by atoms with Crippen molar-refractivity contribution in [3.8, 4) is 11.1 Å². The smallest absolute Gasteiger partial charge is 0.409 e. The molecule has 35 heavy (non-hydrogen) atoms. The predicted molar refractivity (Wildman–Crippen MR) is 117 cm³/mol. The third-order valence-corrected chi connectivity index (χ3v) is 7.33. The number of hydrogen-bond donors (Lipinski definition) is 2. The van der Waals surface area contributed by atoms with E-state index in [2.05, 4.69) is 0 Å². The summed E-state index contributed by atoms with van der Waals surface area (Å²) in [7, 11) is 0. The third kappa shape index (κ3) is 4.11. The van der Waals surface area contributed by atoms with Crippen molar-refractivity contribution in [1.29, 1.82) is 0 Å². The van der Waals surface area contributed by atoms with Gasteiger partial charge in [-0.3, -0.25) is 9.59 Å². The summed E-state index contributed by atoms with van der Waals surface area (Å²) in [5, 5.41) is 11.1. The van der Waals surface area contributed by atoms with Crippen LogP contribution in [-0.4, -0.2) is 59.9 Å². The Kier molecular flexibility index (Phi) is 5.49. The first kappa shape index (κ1) is 23.2. The molecule has 2 fully saturated rings. The predicted octanol–water partition coefficient (Wildman–Crippen LogP) is 3.78. The molecule has 3 atom stereocenters. The zero-order valence-electron chi connectivity index (χ0n) is 18.5. The Morgan fingerprint density at radius 3 is 2.23 bits per heavy atom. The third-order valence-electron chi connectivity index (χ3n) is 7.33. The number of carboxylic acids is 1. The Hall–Kier alpha value is -3.56. The number of carbonyl (C=O) groups is 3. The van der Waals surface area contributed by atoms with Crippen LogP contribution in [0.3, 0.4) is 0 Å². The van der Waals surface area contributed by atoms with Crippen LogP contribution >= 0.6 is 0 Å². The summed E-state index contributed by atoms with van der Waals surface area (Å²) >= 11 is 0. The number of carboxylic acid groups (broad SMARTS) is 1. The van der Waals surface area contributed by atoms with Crippen LogP contribution in [0.5, 0.6) is 0 Å². The highest BCUT2D eigenvalue weighted by Crippen LogP contribution is 2.58. The molecule has 0 radical (unpaired) electrons. The maximum absolute atomic E-state index is 13.6. The van der Waals surface area contributed by atoms with Crippen molar-refractivity contribution in [2.75, 3.05) is 19.7 Å². The van der Waals surface area contributed by atoms with Crippen molar-refractivity contribution in [1.82, 2.24) is 10.2 Å². The number of aliphatic carboxylic acids is 1. The Labute approximate surface area is 198 Å². The molecule has 1 aliphatic heterocycles. The number of fused-ring (bicyclic) bond motifs is 4. The quantitative estimate of drug-likeness (QED) is 0.645. The number of ether oxygens (including phenoxy) is 1. The molecule has 1 heterocycles. The van der Waals surface area contributed by atoms with E-state index in [0.717, 1.165) is 27.2 Å². The van der Waals surface area contributed by atoms with Crippen molar-refractivity contribution in [2.24, 2.45) is 11.3 Å². The molecule has 0 bridgehead atoms. The fourth-order valence-electron chi connectivity index (χ4n) is 5.34. The minimum absolute atomic E-state index is 0.110. The van der Waals surface area contributed by atoms with E-state index in [9.17, 15) is 32.7 Å². The molecule has 1 saturated heterocycles. The number of carbonyl (C=O) groups excluding carboxylic acids is 2. The van der Waals surface area contributed by atoms with Crippen molar-refractivity contribution >= 4 is 18.0 Å². The molecule has 3 unspecified atom stereocenters. The van der Waals surface area contributed by atoms with Gasteiger partial charge in [0.2, 0.25) is 5.91 Å². The summed E-state index contributed by atoms with van der Waals surface area (Å²) in [6.45, 7) is -0.157. The van der Waals surface area contributed by atoms with Gasteiger partial charge in [0.15, 0.2) is 0 Å². The molecule has 2 aromatic rings. The van der Waals surface area contributed by atoms with Crippen molar-refractivity contribution in [3.05, 3.63) is 59.7 Å². The summed E-state index contributed by atoms with van der Waals surface area (Å²) in [6.07, 6.45) is -6.75. The molecule has 1 saturated carbocycles. The Balaban J connectivity index is 1.22. The van der Waals surface area contributed by atoms with Crippen LogP contribution in [0.15, 0.2) is 48.5 Å². The second-order valence-electron chi connectivity index (χ2n) is 9.40. The number of amides is 2. The Morgan fingerprint density at radius 2 is 1.69 bits per heavy atom. The maximum atomic E-state index is 13.6. The number of likely N-dealkylation sites (tertiary alicyclic amines) is 1. The van der Waals surface area contributed by atoms with E-state index in [1.165, 1.54) is 0 Å². The maximum Gasteiger partial charge on any atom is 0.409 e. The lowest BCUT2D eigenvalue weighted by molar-refractivity contribution is -0.163. The van der Waals surface area contributed by atoms with Gasteiger partial charge in [-0.15, -0.1) is 0 Å². The van der Waals surface area contributed by atoms with Crippen LogP contribution < -0.4 is 5.32 Å². The van der Waals surface area contributed by atoms with Crippen molar-refractivity contribution in [2.45, 2.75) is 31.0 Å². The molecule has 184 valence electrons. The van der Waals surface area contributed by atoms with Gasteiger partial charge in [-0.2, -0.15) is 13.2 Å². The fraction of sp³-hybridized carbons (Fsp3) is 0.400. The average molecular weight is 488 g/mol. The summed E-state index contributed by atoms with van der Waals surface area (Å²) in [5.74, 6) is -2.44. The van der Waals surface area contributed by atoms with E-state index in [1.807, 2.05) is 48.5 Å². The highest BCUT2D eigenvalue weighted by atomic mass is 19.4. The van der Waals surface area contributed by atoms with E-state index >= 15 is 0 Å². The Bertz CT molecular complexity index is 1150. The SMILES string of the molecule is O=C(NC(CC(=O)N1CC2CC2(C(=O)O)C1)C(F)(F)F)OCC1c2ccccc2-c2ccccc21. The van der Waals surface area contributed by atoms with Gasteiger partial charge in [0.25, 0.3) is 0 Å². The van der Waals surface area contributed by atoms with Crippen LogP contribution in [-0.2, 0) is 14.3 Å². The highest BCUT2D eigenvalue weighted by molar-refractivity contribution is 5.84. The first-order chi connectivity index (χ1) is 16.6. The molecule has 0 spiro atoms. The topological polar surface area (TPSA) is 95.9 Å². The van der Waals surface area contributed by atoms with Crippen molar-refractivity contribution in [3.63, 3.8) is 0 Å². The second-order valence-corrected chi connectivity index (χ2v) is 9.40. The first-order valence-electron chi connectivity index (χ1n) is 11.3. The molecule has 2 N–H and O–H groups in total. The van der Waals surface area contributed by atoms with E-state index in [-0.39, 0.29) is 31.5 Å². The number of hydrogen-bond acceptors (Lipinski definition) is 4. The number of benzene rings is 2. The van der Waals surface area contributed by atoms with Gasteiger partial charge in [0.1, 0.15) is 12.6 Å². The van der Waals surface area contributed by atoms with Crippen molar-refractivity contribution < 1.29 is 37.4 Å². The highest BCUT2D eigenvalue weighted by Gasteiger charge is 2.66. The summed E-state index contributed by atoms with van der Waals surface area (Å²) in [4.78, 5) is 37.4. The lowest BCUT2D eigenvalue weighted by Gasteiger charge is -2.25. The van der Waals surface area contributed by atoms with Gasteiger partial charge in [-0.05, 0) is 34.6 Å². The monoisotopic (exact) mass is 488 g/mol. The van der Waals surface area contributed by atoms with Gasteiger partial charge in [-0.1, -0.05) is 48.5 Å². The van der Waals surface area contributed by atoms with Gasteiger partial charge in [-0.25, -0.2) is 4.79 Å². The normalized spacial score (nSPS) is 23.2. The molecule has 2 aromatic carbocycles. The number of nitrogens with one attached hydrogen (secondary N) is 1. The molecule has 2 aliphatic carbocycles. The van der Waals surface area contributed by atoms with Gasteiger partial charge in [0.05, 0.1) is 11.8 Å². The lowest BCUT2D eigenvalue weighted by atomic mass is 9.98.